The number of carbonyl (C=O) groups is 1. The van der Waals surface area contributed by atoms with E-state index in [9.17, 15) is 9.18 Å². The smallest absolute Gasteiger partial charge is 0.237 e. The zero-order valence-electron chi connectivity index (χ0n) is 10.9. The molecule has 0 radical (unpaired) electrons. The van der Waals surface area contributed by atoms with Crippen LogP contribution in [-0.2, 0) is 11.3 Å². The third-order valence-corrected chi connectivity index (χ3v) is 2.72. The predicted molar refractivity (Wildman–Crippen MR) is 73.0 cm³/mol. The molecule has 1 unspecified atom stereocenters. The SMILES string of the molecule is Cc1ccc(CNC(=O)C(N)C(C)C)cc1F.Cl. The summed E-state index contributed by atoms with van der Waals surface area (Å²) in [7, 11) is 0. The molecule has 0 aliphatic rings. The maximum Gasteiger partial charge on any atom is 0.237 e. The fourth-order valence-electron chi connectivity index (χ4n) is 1.36. The molecule has 0 heterocycles. The first kappa shape index (κ1) is 16.9. The highest BCUT2D eigenvalue weighted by atomic mass is 35.5. The second kappa shape index (κ2) is 7.34. The summed E-state index contributed by atoms with van der Waals surface area (Å²) < 4.78 is 13.3. The van der Waals surface area contributed by atoms with Crippen molar-refractivity contribution in [3.8, 4) is 0 Å². The van der Waals surface area contributed by atoms with Gasteiger partial charge in [0, 0.05) is 6.54 Å². The molecule has 0 aliphatic carbocycles. The monoisotopic (exact) mass is 274 g/mol. The Morgan fingerprint density at radius 1 is 1.44 bits per heavy atom. The third-order valence-electron chi connectivity index (χ3n) is 2.72. The lowest BCUT2D eigenvalue weighted by Gasteiger charge is -2.15. The second-order valence-corrected chi connectivity index (χ2v) is 4.57. The lowest BCUT2D eigenvalue weighted by molar-refractivity contribution is -0.123. The Bertz CT molecular complexity index is 410. The van der Waals surface area contributed by atoms with Crippen molar-refractivity contribution >= 4 is 18.3 Å². The summed E-state index contributed by atoms with van der Waals surface area (Å²) in [6, 6.07) is 4.39. The first-order valence-electron chi connectivity index (χ1n) is 5.70. The van der Waals surface area contributed by atoms with Crippen LogP contribution in [0.2, 0.25) is 0 Å². The highest BCUT2D eigenvalue weighted by molar-refractivity contribution is 5.85. The van der Waals surface area contributed by atoms with E-state index in [2.05, 4.69) is 5.32 Å². The fraction of sp³-hybridized carbons (Fsp3) is 0.462. The van der Waals surface area contributed by atoms with Crippen molar-refractivity contribution < 1.29 is 9.18 Å². The van der Waals surface area contributed by atoms with Gasteiger partial charge in [0.15, 0.2) is 0 Å². The number of halogens is 2. The largest absolute Gasteiger partial charge is 0.351 e. The van der Waals surface area contributed by atoms with Gasteiger partial charge in [-0.2, -0.15) is 0 Å². The number of nitrogens with one attached hydrogen (secondary N) is 1. The van der Waals surface area contributed by atoms with Gasteiger partial charge in [0.1, 0.15) is 5.82 Å². The normalized spacial score (nSPS) is 11.9. The molecule has 18 heavy (non-hydrogen) atoms. The van der Waals surface area contributed by atoms with Crippen LogP contribution in [0.15, 0.2) is 18.2 Å². The predicted octanol–water partition coefficient (Wildman–Crippen LogP) is 2.16. The third kappa shape index (κ3) is 4.63. The number of benzene rings is 1. The lowest BCUT2D eigenvalue weighted by Crippen LogP contribution is -2.43. The highest BCUT2D eigenvalue weighted by Crippen LogP contribution is 2.09. The van der Waals surface area contributed by atoms with Crippen LogP contribution in [0.25, 0.3) is 0 Å². The molecule has 1 aromatic carbocycles. The minimum atomic E-state index is -0.523. The summed E-state index contributed by atoms with van der Waals surface area (Å²) in [6.07, 6.45) is 0. The number of amides is 1. The molecule has 3 N–H and O–H groups in total. The number of rotatable bonds is 4. The average Bonchev–Trinajstić information content (AvgIpc) is 2.29. The Balaban J connectivity index is 0.00000289. The Morgan fingerprint density at radius 3 is 2.56 bits per heavy atom. The van der Waals surface area contributed by atoms with Gasteiger partial charge in [-0.3, -0.25) is 4.79 Å². The molecule has 0 saturated heterocycles. The van der Waals surface area contributed by atoms with Gasteiger partial charge < -0.3 is 11.1 Å². The van der Waals surface area contributed by atoms with E-state index in [0.29, 0.717) is 12.1 Å². The molecule has 0 spiro atoms. The molecule has 1 amide bonds. The Labute approximate surface area is 113 Å². The maximum atomic E-state index is 13.3. The second-order valence-electron chi connectivity index (χ2n) is 4.57. The van der Waals surface area contributed by atoms with Gasteiger partial charge in [0.2, 0.25) is 5.91 Å². The van der Waals surface area contributed by atoms with Crippen LogP contribution in [0.3, 0.4) is 0 Å². The van der Waals surface area contributed by atoms with E-state index < -0.39 is 6.04 Å². The van der Waals surface area contributed by atoms with Crippen LogP contribution >= 0.6 is 12.4 Å². The molecule has 0 bridgehead atoms. The van der Waals surface area contributed by atoms with Crippen LogP contribution in [-0.4, -0.2) is 11.9 Å². The molecule has 1 rings (SSSR count). The van der Waals surface area contributed by atoms with Crippen LogP contribution < -0.4 is 11.1 Å². The Morgan fingerprint density at radius 2 is 2.06 bits per heavy atom. The molecule has 0 aliphatic heterocycles. The van der Waals surface area contributed by atoms with E-state index in [1.54, 1.807) is 19.1 Å². The molecular weight excluding hydrogens is 255 g/mol. The van der Waals surface area contributed by atoms with Gasteiger partial charge in [0.05, 0.1) is 6.04 Å². The highest BCUT2D eigenvalue weighted by Gasteiger charge is 2.16. The van der Waals surface area contributed by atoms with Crippen LogP contribution in [0.4, 0.5) is 4.39 Å². The van der Waals surface area contributed by atoms with E-state index in [-0.39, 0.29) is 30.0 Å². The molecule has 3 nitrogen and oxygen atoms in total. The van der Waals surface area contributed by atoms with Gasteiger partial charge in [-0.25, -0.2) is 4.39 Å². The number of nitrogens with two attached hydrogens (primary N) is 1. The van der Waals surface area contributed by atoms with Gasteiger partial charge in [-0.15, -0.1) is 12.4 Å². The van der Waals surface area contributed by atoms with Crippen LogP contribution in [0, 0.1) is 18.7 Å². The summed E-state index contributed by atoms with van der Waals surface area (Å²) in [6.45, 7) is 5.77. The molecule has 102 valence electrons. The number of hydrogen-bond acceptors (Lipinski definition) is 2. The molecule has 1 atom stereocenters. The lowest BCUT2D eigenvalue weighted by atomic mass is 10.0. The van der Waals surface area contributed by atoms with E-state index >= 15 is 0 Å². The topological polar surface area (TPSA) is 55.1 Å². The number of aryl methyl sites for hydroxylation is 1. The number of carbonyl (C=O) groups excluding carboxylic acids is 1. The zero-order valence-corrected chi connectivity index (χ0v) is 11.7. The first-order valence-corrected chi connectivity index (χ1v) is 5.70. The van der Waals surface area contributed by atoms with Crippen molar-refractivity contribution in [2.24, 2.45) is 11.7 Å². The van der Waals surface area contributed by atoms with Gasteiger partial charge in [-0.05, 0) is 30.0 Å². The van der Waals surface area contributed by atoms with Crippen molar-refractivity contribution in [3.63, 3.8) is 0 Å². The molecule has 0 saturated carbocycles. The molecule has 5 heteroatoms. The molecule has 0 fully saturated rings. The van der Waals surface area contributed by atoms with Crippen molar-refractivity contribution in [1.29, 1.82) is 0 Å². The molecule has 1 aromatic rings. The summed E-state index contributed by atoms with van der Waals surface area (Å²) >= 11 is 0. The Hall–Kier alpha value is -1.13. The van der Waals surface area contributed by atoms with E-state index in [1.807, 2.05) is 13.8 Å². The van der Waals surface area contributed by atoms with E-state index in [0.717, 1.165) is 5.56 Å². The van der Waals surface area contributed by atoms with Crippen molar-refractivity contribution in [2.75, 3.05) is 0 Å². The first-order chi connectivity index (χ1) is 7.91. The van der Waals surface area contributed by atoms with Crippen LogP contribution in [0.1, 0.15) is 25.0 Å². The average molecular weight is 275 g/mol. The summed E-state index contributed by atoms with van der Waals surface area (Å²) in [5.74, 6) is -0.379. The van der Waals surface area contributed by atoms with Crippen molar-refractivity contribution in [1.82, 2.24) is 5.32 Å². The minimum absolute atomic E-state index is 0. The standard InChI is InChI=1S/C13H19FN2O.ClH/c1-8(2)12(15)13(17)16-7-10-5-4-9(3)11(14)6-10;/h4-6,8,12H,7,15H2,1-3H3,(H,16,17);1H. The quantitative estimate of drug-likeness (QED) is 0.884. The molecular formula is C13H20ClFN2O. The summed E-state index contributed by atoms with van der Waals surface area (Å²) in [5.41, 5.74) is 7.02. The van der Waals surface area contributed by atoms with Gasteiger partial charge in [-0.1, -0.05) is 26.0 Å². The Kier molecular flexibility index (Phi) is 6.88. The number of hydrogen-bond donors (Lipinski definition) is 2. The summed E-state index contributed by atoms with van der Waals surface area (Å²) in [5, 5.41) is 2.70. The van der Waals surface area contributed by atoms with Gasteiger partial charge >= 0.3 is 0 Å². The van der Waals surface area contributed by atoms with E-state index in [1.165, 1.54) is 6.07 Å². The summed E-state index contributed by atoms with van der Waals surface area (Å²) in [4.78, 5) is 11.6. The zero-order chi connectivity index (χ0) is 13.0. The van der Waals surface area contributed by atoms with Crippen molar-refractivity contribution in [3.05, 3.63) is 35.1 Å². The van der Waals surface area contributed by atoms with E-state index in [4.69, 9.17) is 5.73 Å². The molecule has 0 aromatic heterocycles. The van der Waals surface area contributed by atoms with Gasteiger partial charge in [0.25, 0.3) is 0 Å². The minimum Gasteiger partial charge on any atom is -0.351 e. The fourth-order valence-corrected chi connectivity index (χ4v) is 1.36. The maximum absolute atomic E-state index is 13.3. The van der Waals surface area contributed by atoms with Crippen molar-refractivity contribution in [2.45, 2.75) is 33.4 Å². The van der Waals surface area contributed by atoms with Crippen LogP contribution in [0.5, 0.6) is 0 Å².